The molecule has 0 bridgehead atoms. The molecule has 1 atom stereocenters. The van der Waals surface area contributed by atoms with E-state index in [4.69, 9.17) is 9.47 Å². The first-order chi connectivity index (χ1) is 7.65. The largest absolute Gasteiger partial charge is 0.447 e. The van der Waals surface area contributed by atoms with Gasteiger partial charge < -0.3 is 14.8 Å². The minimum atomic E-state index is -0.428. The second kappa shape index (κ2) is 4.22. The van der Waals surface area contributed by atoms with E-state index in [9.17, 15) is 9.59 Å². The second-order valence-electron chi connectivity index (χ2n) is 3.46. The molecule has 1 aromatic rings. The predicted molar refractivity (Wildman–Crippen MR) is 55.0 cm³/mol. The van der Waals surface area contributed by atoms with E-state index in [0.717, 1.165) is 5.56 Å². The number of carbonyl (C=O) groups excluding carboxylic acids is 2. The van der Waals surface area contributed by atoms with Crippen molar-refractivity contribution in [2.24, 2.45) is 0 Å². The lowest BCUT2D eigenvalue weighted by Gasteiger charge is -2.09. The van der Waals surface area contributed by atoms with Gasteiger partial charge in [0, 0.05) is 6.92 Å². The van der Waals surface area contributed by atoms with Gasteiger partial charge in [0.25, 0.3) is 0 Å². The number of nitrogens with one attached hydrogen (secondary N) is 1. The predicted octanol–water partition coefficient (Wildman–Crippen LogP) is 1.39. The van der Waals surface area contributed by atoms with Crippen molar-refractivity contribution in [3.05, 3.63) is 29.8 Å². The first-order valence-corrected chi connectivity index (χ1v) is 4.87. The van der Waals surface area contributed by atoms with Crippen LogP contribution >= 0.6 is 0 Å². The summed E-state index contributed by atoms with van der Waals surface area (Å²) >= 11 is 0. The molecule has 16 heavy (non-hydrogen) atoms. The van der Waals surface area contributed by atoms with Crippen molar-refractivity contribution in [2.75, 3.05) is 6.61 Å². The maximum absolute atomic E-state index is 10.9. The molecule has 0 radical (unpaired) electrons. The molecule has 0 spiro atoms. The van der Waals surface area contributed by atoms with Gasteiger partial charge in [-0.25, -0.2) is 4.79 Å². The number of amides is 1. The van der Waals surface area contributed by atoms with E-state index in [0.29, 0.717) is 12.4 Å². The fraction of sp³-hybridized carbons (Fsp3) is 0.273. The highest BCUT2D eigenvalue weighted by Gasteiger charge is 2.23. The number of ether oxygens (including phenoxy) is 2. The first kappa shape index (κ1) is 10.5. The zero-order valence-electron chi connectivity index (χ0n) is 8.73. The Morgan fingerprint density at radius 3 is 3.00 bits per heavy atom. The zero-order valence-corrected chi connectivity index (χ0v) is 8.73. The molecule has 5 heteroatoms. The molecule has 1 aromatic carbocycles. The van der Waals surface area contributed by atoms with Crippen LogP contribution < -0.4 is 10.1 Å². The van der Waals surface area contributed by atoms with Crippen LogP contribution in [0.2, 0.25) is 0 Å². The molecule has 1 N–H and O–H groups in total. The van der Waals surface area contributed by atoms with Gasteiger partial charge >= 0.3 is 12.1 Å². The van der Waals surface area contributed by atoms with Gasteiger partial charge in [-0.2, -0.15) is 0 Å². The van der Waals surface area contributed by atoms with Crippen LogP contribution in [0.3, 0.4) is 0 Å². The summed E-state index contributed by atoms with van der Waals surface area (Å²) in [7, 11) is 0. The summed E-state index contributed by atoms with van der Waals surface area (Å²) in [5.74, 6) is 0.0926. The van der Waals surface area contributed by atoms with Crippen molar-refractivity contribution in [3.8, 4) is 5.75 Å². The molecule has 1 fully saturated rings. The molecule has 0 unspecified atom stereocenters. The van der Waals surface area contributed by atoms with Crippen molar-refractivity contribution in [1.29, 1.82) is 0 Å². The first-order valence-electron chi connectivity index (χ1n) is 4.87. The summed E-state index contributed by atoms with van der Waals surface area (Å²) in [6.45, 7) is 1.63. The van der Waals surface area contributed by atoms with E-state index in [1.54, 1.807) is 18.2 Å². The molecule has 1 aliphatic rings. The fourth-order valence-electron chi connectivity index (χ4n) is 1.52. The SMILES string of the molecule is CC(=O)Oc1cccc([C@H]2COC(=O)N2)c1. The minimum absolute atomic E-state index is 0.178. The Morgan fingerprint density at radius 2 is 2.38 bits per heavy atom. The molecule has 2 rings (SSSR count). The summed E-state index contributed by atoms with van der Waals surface area (Å²) < 4.78 is 9.73. The minimum Gasteiger partial charge on any atom is -0.447 e. The maximum atomic E-state index is 10.9. The van der Waals surface area contributed by atoms with Gasteiger partial charge in [-0.05, 0) is 17.7 Å². The molecule has 5 nitrogen and oxygen atoms in total. The van der Waals surface area contributed by atoms with Crippen LogP contribution in [0.15, 0.2) is 24.3 Å². The quantitative estimate of drug-likeness (QED) is 0.605. The molecule has 1 saturated heterocycles. The number of carbonyl (C=O) groups is 2. The van der Waals surface area contributed by atoms with Gasteiger partial charge in [0.15, 0.2) is 0 Å². The topological polar surface area (TPSA) is 64.6 Å². The molecular formula is C11H11NO4. The number of hydrogen-bond donors (Lipinski definition) is 1. The van der Waals surface area contributed by atoms with Crippen LogP contribution in [0.1, 0.15) is 18.5 Å². The lowest BCUT2D eigenvalue weighted by Crippen LogP contribution is -2.18. The number of cyclic esters (lactones) is 1. The molecule has 1 heterocycles. The highest BCUT2D eigenvalue weighted by atomic mass is 16.6. The Kier molecular flexibility index (Phi) is 2.76. The molecule has 84 valence electrons. The van der Waals surface area contributed by atoms with Crippen LogP contribution in [-0.2, 0) is 9.53 Å². The van der Waals surface area contributed by atoms with Crippen LogP contribution in [0.5, 0.6) is 5.75 Å². The van der Waals surface area contributed by atoms with Crippen LogP contribution in [-0.4, -0.2) is 18.7 Å². The number of benzene rings is 1. The van der Waals surface area contributed by atoms with Crippen molar-refractivity contribution >= 4 is 12.1 Å². The number of esters is 1. The molecule has 0 aliphatic carbocycles. The van der Waals surface area contributed by atoms with E-state index in [1.165, 1.54) is 6.92 Å². The van der Waals surface area contributed by atoms with Crippen LogP contribution in [0, 0.1) is 0 Å². The van der Waals surface area contributed by atoms with Crippen molar-refractivity contribution in [3.63, 3.8) is 0 Å². The van der Waals surface area contributed by atoms with E-state index in [1.807, 2.05) is 6.07 Å². The van der Waals surface area contributed by atoms with Crippen molar-refractivity contribution < 1.29 is 19.1 Å². The summed E-state index contributed by atoms with van der Waals surface area (Å²) in [6, 6.07) is 6.82. The van der Waals surface area contributed by atoms with Gasteiger partial charge in [-0.1, -0.05) is 12.1 Å². The molecule has 0 aromatic heterocycles. The molecule has 1 aliphatic heterocycles. The lowest BCUT2D eigenvalue weighted by atomic mass is 10.1. The monoisotopic (exact) mass is 221 g/mol. The third kappa shape index (κ3) is 2.31. The molecular weight excluding hydrogens is 210 g/mol. The van der Waals surface area contributed by atoms with Gasteiger partial charge in [-0.15, -0.1) is 0 Å². The average molecular weight is 221 g/mol. The summed E-state index contributed by atoms with van der Waals surface area (Å²) in [5, 5.41) is 2.65. The molecule has 1 amide bonds. The van der Waals surface area contributed by atoms with E-state index < -0.39 is 6.09 Å². The Hall–Kier alpha value is -2.04. The van der Waals surface area contributed by atoms with E-state index in [2.05, 4.69) is 5.32 Å². The van der Waals surface area contributed by atoms with Gasteiger partial charge in [0.2, 0.25) is 0 Å². The van der Waals surface area contributed by atoms with Crippen LogP contribution in [0.4, 0.5) is 4.79 Å². The Morgan fingerprint density at radius 1 is 1.56 bits per heavy atom. The van der Waals surface area contributed by atoms with Crippen LogP contribution in [0.25, 0.3) is 0 Å². The zero-order chi connectivity index (χ0) is 11.5. The second-order valence-corrected chi connectivity index (χ2v) is 3.46. The van der Waals surface area contributed by atoms with Crippen molar-refractivity contribution in [2.45, 2.75) is 13.0 Å². The average Bonchev–Trinajstić information content (AvgIpc) is 2.64. The fourth-order valence-corrected chi connectivity index (χ4v) is 1.52. The van der Waals surface area contributed by atoms with E-state index in [-0.39, 0.29) is 12.0 Å². The highest BCUT2D eigenvalue weighted by molar-refractivity contribution is 5.70. The molecule has 0 saturated carbocycles. The third-order valence-electron chi connectivity index (χ3n) is 2.20. The summed E-state index contributed by atoms with van der Waals surface area (Å²) in [6.07, 6.45) is -0.428. The Balaban J connectivity index is 2.15. The normalized spacial score (nSPS) is 18.8. The standard InChI is InChI=1S/C11H11NO4/c1-7(13)16-9-4-2-3-8(5-9)10-6-15-11(14)12-10/h2-5,10H,6H2,1H3,(H,12,14)/t10-/m1/s1. The van der Waals surface area contributed by atoms with Gasteiger partial charge in [0.1, 0.15) is 12.4 Å². The maximum Gasteiger partial charge on any atom is 0.407 e. The highest BCUT2D eigenvalue weighted by Crippen LogP contribution is 2.22. The van der Waals surface area contributed by atoms with Gasteiger partial charge in [0.05, 0.1) is 6.04 Å². The number of hydrogen-bond acceptors (Lipinski definition) is 4. The van der Waals surface area contributed by atoms with Gasteiger partial charge in [-0.3, -0.25) is 4.79 Å². The Labute approximate surface area is 92.4 Å². The number of alkyl carbamates (subject to hydrolysis) is 1. The lowest BCUT2D eigenvalue weighted by molar-refractivity contribution is -0.131. The smallest absolute Gasteiger partial charge is 0.407 e. The van der Waals surface area contributed by atoms with Crippen molar-refractivity contribution in [1.82, 2.24) is 5.32 Å². The Bertz CT molecular complexity index is 430. The third-order valence-corrected chi connectivity index (χ3v) is 2.20. The van der Waals surface area contributed by atoms with E-state index >= 15 is 0 Å². The summed E-state index contributed by atoms with van der Waals surface area (Å²) in [4.78, 5) is 21.7. The number of rotatable bonds is 2. The summed E-state index contributed by atoms with van der Waals surface area (Å²) in [5.41, 5.74) is 0.851.